The second-order valence-corrected chi connectivity index (χ2v) is 4.66. The maximum absolute atomic E-state index is 6.11. The van der Waals surface area contributed by atoms with Crippen LogP contribution in [0.2, 0.25) is 0 Å². The van der Waals surface area contributed by atoms with E-state index < -0.39 is 0 Å². The van der Waals surface area contributed by atoms with Crippen molar-refractivity contribution in [3.8, 4) is 0 Å². The van der Waals surface area contributed by atoms with Crippen LogP contribution in [0.4, 0.5) is 0 Å². The van der Waals surface area contributed by atoms with Crippen molar-refractivity contribution < 1.29 is 0 Å². The van der Waals surface area contributed by atoms with Gasteiger partial charge in [0.15, 0.2) is 0 Å². The number of hydrogen-bond acceptors (Lipinski definition) is 1. The Balaban J connectivity index is 1.89. The van der Waals surface area contributed by atoms with Crippen LogP contribution in [-0.2, 0) is 0 Å². The van der Waals surface area contributed by atoms with E-state index in [-0.39, 0.29) is 0 Å². The smallest absolute Gasteiger partial charge is 0.00698 e. The lowest BCUT2D eigenvalue weighted by atomic mass is 9.78. The lowest BCUT2D eigenvalue weighted by molar-refractivity contribution is 0.234. The van der Waals surface area contributed by atoms with E-state index in [1.807, 2.05) is 0 Å². The molecular weight excluding hydrogens is 146 g/mol. The fraction of sp³-hybridized carbons (Fsp3) is 1.00. The molecule has 2 aliphatic rings. The molecule has 0 radical (unpaired) electrons. The van der Waals surface area contributed by atoms with Crippen molar-refractivity contribution in [2.24, 2.45) is 17.6 Å². The zero-order chi connectivity index (χ0) is 8.39. The van der Waals surface area contributed by atoms with E-state index in [4.69, 9.17) is 5.73 Å². The van der Waals surface area contributed by atoms with Gasteiger partial charge in [0.25, 0.3) is 0 Å². The number of nitrogens with two attached hydrogens (primary N) is 1. The Bertz CT molecular complexity index is 138. The van der Waals surface area contributed by atoms with Crippen LogP contribution in [0.15, 0.2) is 0 Å². The lowest BCUT2D eigenvalue weighted by Crippen LogP contribution is -2.31. The van der Waals surface area contributed by atoms with Gasteiger partial charge in [-0.3, -0.25) is 0 Å². The number of rotatable bonds is 1. The van der Waals surface area contributed by atoms with Crippen LogP contribution in [0.5, 0.6) is 0 Å². The summed E-state index contributed by atoms with van der Waals surface area (Å²) in [7, 11) is 0. The second kappa shape index (κ2) is 3.78. The average molecular weight is 167 g/mol. The Morgan fingerprint density at radius 3 is 2.08 bits per heavy atom. The molecule has 2 fully saturated rings. The first-order valence-corrected chi connectivity index (χ1v) is 5.63. The number of hydrogen-bond donors (Lipinski definition) is 1. The van der Waals surface area contributed by atoms with Crippen LogP contribution in [0.3, 0.4) is 0 Å². The summed E-state index contributed by atoms with van der Waals surface area (Å²) in [5, 5.41) is 0. The van der Waals surface area contributed by atoms with Crippen molar-refractivity contribution in [3.63, 3.8) is 0 Å². The van der Waals surface area contributed by atoms with Gasteiger partial charge in [-0.1, -0.05) is 38.5 Å². The molecule has 12 heavy (non-hydrogen) atoms. The highest BCUT2D eigenvalue weighted by molar-refractivity contribution is 4.86. The molecular formula is C11H21N. The molecule has 0 aromatic carbocycles. The SMILES string of the molecule is N[C@@H]1CCC[C@H]1C1CCCCC1. The highest BCUT2D eigenvalue weighted by Gasteiger charge is 2.31. The average Bonchev–Trinajstić information content (AvgIpc) is 2.53. The minimum Gasteiger partial charge on any atom is -0.327 e. The molecule has 1 nitrogen and oxygen atoms in total. The van der Waals surface area contributed by atoms with E-state index in [0.29, 0.717) is 6.04 Å². The van der Waals surface area contributed by atoms with E-state index in [9.17, 15) is 0 Å². The van der Waals surface area contributed by atoms with Crippen molar-refractivity contribution in [2.45, 2.75) is 57.4 Å². The predicted molar refractivity (Wildman–Crippen MR) is 51.9 cm³/mol. The summed E-state index contributed by atoms with van der Waals surface area (Å²) in [5.74, 6) is 1.89. The molecule has 0 aliphatic heterocycles. The molecule has 0 spiro atoms. The third kappa shape index (κ3) is 1.66. The third-order valence-corrected chi connectivity index (χ3v) is 3.88. The minimum atomic E-state index is 0.549. The van der Waals surface area contributed by atoms with Gasteiger partial charge < -0.3 is 5.73 Å². The molecule has 2 N–H and O–H groups in total. The summed E-state index contributed by atoms with van der Waals surface area (Å²) in [6.45, 7) is 0. The quantitative estimate of drug-likeness (QED) is 0.638. The van der Waals surface area contributed by atoms with Crippen LogP contribution in [-0.4, -0.2) is 6.04 Å². The second-order valence-electron chi connectivity index (χ2n) is 4.66. The Labute approximate surface area is 75.7 Å². The van der Waals surface area contributed by atoms with E-state index in [1.165, 1.54) is 51.4 Å². The molecule has 0 saturated heterocycles. The first kappa shape index (κ1) is 8.55. The van der Waals surface area contributed by atoms with Crippen LogP contribution < -0.4 is 5.73 Å². The van der Waals surface area contributed by atoms with Crippen molar-refractivity contribution in [3.05, 3.63) is 0 Å². The highest BCUT2D eigenvalue weighted by atomic mass is 14.7. The van der Waals surface area contributed by atoms with Crippen molar-refractivity contribution in [1.82, 2.24) is 0 Å². The highest BCUT2D eigenvalue weighted by Crippen LogP contribution is 2.38. The third-order valence-electron chi connectivity index (χ3n) is 3.88. The molecule has 0 heterocycles. The van der Waals surface area contributed by atoms with Gasteiger partial charge in [0.2, 0.25) is 0 Å². The molecule has 0 aromatic heterocycles. The van der Waals surface area contributed by atoms with E-state index in [1.54, 1.807) is 0 Å². The summed E-state index contributed by atoms with van der Waals surface area (Å²) in [6.07, 6.45) is 11.5. The van der Waals surface area contributed by atoms with E-state index in [2.05, 4.69) is 0 Å². The Hall–Kier alpha value is -0.0400. The van der Waals surface area contributed by atoms with Gasteiger partial charge in [0.05, 0.1) is 0 Å². The maximum Gasteiger partial charge on any atom is 0.00698 e. The molecule has 70 valence electrons. The van der Waals surface area contributed by atoms with Gasteiger partial charge >= 0.3 is 0 Å². The zero-order valence-electron chi connectivity index (χ0n) is 7.97. The van der Waals surface area contributed by atoms with Crippen molar-refractivity contribution >= 4 is 0 Å². The molecule has 2 atom stereocenters. The van der Waals surface area contributed by atoms with Crippen LogP contribution in [0.25, 0.3) is 0 Å². The van der Waals surface area contributed by atoms with Gasteiger partial charge in [-0.25, -0.2) is 0 Å². The Morgan fingerprint density at radius 2 is 1.50 bits per heavy atom. The molecule has 2 rings (SSSR count). The molecule has 0 bridgehead atoms. The van der Waals surface area contributed by atoms with Gasteiger partial charge in [-0.15, -0.1) is 0 Å². The van der Waals surface area contributed by atoms with Gasteiger partial charge in [-0.2, -0.15) is 0 Å². The summed E-state index contributed by atoms with van der Waals surface area (Å²) in [4.78, 5) is 0. The van der Waals surface area contributed by atoms with Crippen LogP contribution >= 0.6 is 0 Å². The fourth-order valence-electron chi connectivity index (χ4n) is 3.17. The van der Waals surface area contributed by atoms with Gasteiger partial charge in [-0.05, 0) is 24.7 Å². The first-order chi connectivity index (χ1) is 5.88. The van der Waals surface area contributed by atoms with Crippen molar-refractivity contribution in [1.29, 1.82) is 0 Å². The monoisotopic (exact) mass is 167 g/mol. The van der Waals surface area contributed by atoms with Crippen LogP contribution in [0.1, 0.15) is 51.4 Å². The summed E-state index contributed by atoms with van der Waals surface area (Å²) < 4.78 is 0. The Morgan fingerprint density at radius 1 is 0.750 bits per heavy atom. The standard InChI is InChI=1S/C11H21N/c12-11-8-4-7-10(11)9-5-2-1-3-6-9/h9-11H,1-8,12H2/t10-,11+/m0/s1. The van der Waals surface area contributed by atoms with Crippen molar-refractivity contribution in [2.75, 3.05) is 0 Å². The fourth-order valence-corrected chi connectivity index (χ4v) is 3.17. The maximum atomic E-state index is 6.11. The summed E-state index contributed by atoms with van der Waals surface area (Å²) in [5.41, 5.74) is 6.11. The normalized spacial score (nSPS) is 38.8. The first-order valence-electron chi connectivity index (χ1n) is 5.63. The van der Waals surface area contributed by atoms with E-state index >= 15 is 0 Å². The Kier molecular flexibility index (Phi) is 2.69. The zero-order valence-corrected chi connectivity index (χ0v) is 7.97. The lowest BCUT2D eigenvalue weighted by Gasteiger charge is -2.29. The topological polar surface area (TPSA) is 26.0 Å². The molecule has 0 unspecified atom stereocenters. The molecule has 1 heteroatoms. The minimum absolute atomic E-state index is 0.549. The predicted octanol–water partition coefficient (Wildman–Crippen LogP) is 2.69. The molecule has 2 saturated carbocycles. The van der Waals surface area contributed by atoms with Gasteiger partial charge in [0, 0.05) is 6.04 Å². The molecule has 0 amide bonds. The van der Waals surface area contributed by atoms with Gasteiger partial charge in [0.1, 0.15) is 0 Å². The van der Waals surface area contributed by atoms with Crippen LogP contribution in [0, 0.1) is 11.8 Å². The molecule has 2 aliphatic carbocycles. The summed E-state index contributed by atoms with van der Waals surface area (Å²) >= 11 is 0. The largest absolute Gasteiger partial charge is 0.327 e. The molecule has 0 aromatic rings. The summed E-state index contributed by atoms with van der Waals surface area (Å²) in [6, 6.07) is 0.549. The van der Waals surface area contributed by atoms with E-state index in [0.717, 1.165) is 11.8 Å².